The van der Waals surface area contributed by atoms with Crippen LogP contribution in [-0.4, -0.2) is 17.1 Å². The largest absolute Gasteiger partial charge is 0.465 e. The van der Waals surface area contributed by atoms with Crippen molar-refractivity contribution in [2.45, 2.75) is 6.42 Å². The van der Waals surface area contributed by atoms with Crippen LogP contribution >= 0.6 is 0 Å². The number of nitrogens with two attached hydrogens (primary N) is 1. The molecule has 0 spiro atoms. The second-order valence-electron chi connectivity index (χ2n) is 2.87. The van der Waals surface area contributed by atoms with E-state index >= 15 is 0 Å². The molecular formula is C9H11N3O3. The molecule has 0 radical (unpaired) electrons. The van der Waals surface area contributed by atoms with Crippen molar-refractivity contribution in [2.24, 2.45) is 5.84 Å². The summed E-state index contributed by atoms with van der Waals surface area (Å²) in [5, 5.41) is 10.6. The number of nitrogens with one attached hydrogen (secondary N) is 2. The third kappa shape index (κ3) is 3.65. The highest BCUT2D eigenvalue weighted by Gasteiger charge is 2.02. The zero-order chi connectivity index (χ0) is 11.3. The molecule has 0 aliphatic heterocycles. The number of hydrogen-bond acceptors (Lipinski definition) is 3. The molecule has 0 bridgehead atoms. The maximum absolute atomic E-state index is 10.9. The Balaban J connectivity index is 2.64. The highest BCUT2D eigenvalue weighted by Crippen LogP contribution is 2.09. The van der Waals surface area contributed by atoms with Crippen LogP contribution < -0.4 is 16.6 Å². The van der Waals surface area contributed by atoms with E-state index in [4.69, 9.17) is 10.9 Å². The third-order valence-corrected chi connectivity index (χ3v) is 1.73. The summed E-state index contributed by atoms with van der Waals surface area (Å²) in [4.78, 5) is 21.2. The average molecular weight is 209 g/mol. The Morgan fingerprint density at radius 2 is 1.87 bits per heavy atom. The molecule has 0 fully saturated rings. The lowest BCUT2D eigenvalue weighted by Gasteiger charge is -2.03. The molecule has 2 amide bonds. The van der Waals surface area contributed by atoms with Crippen LogP contribution in [0.2, 0.25) is 0 Å². The molecule has 1 aromatic carbocycles. The van der Waals surface area contributed by atoms with Gasteiger partial charge in [-0.15, -0.1) is 0 Å². The fraction of sp³-hybridized carbons (Fsp3) is 0.111. The minimum Gasteiger partial charge on any atom is -0.465 e. The summed E-state index contributed by atoms with van der Waals surface area (Å²) >= 11 is 0. The van der Waals surface area contributed by atoms with Gasteiger partial charge in [0, 0.05) is 5.69 Å². The first kappa shape index (κ1) is 11.0. The van der Waals surface area contributed by atoms with Gasteiger partial charge in [-0.2, -0.15) is 0 Å². The van der Waals surface area contributed by atoms with Gasteiger partial charge in [-0.25, -0.2) is 10.6 Å². The Morgan fingerprint density at radius 3 is 2.33 bits per heavy atom. The second-order valence-corrected chi connectivity index (χ2v) is 2.87. The molecule has 80 valence electrons. The Morgan fingerprint density at radius 1 is 1.27 bits per heavy atom. The molecular weight excluding hydrogens is 198 g/mol. The smallest absolute Gasteiger partial charge is 0.409 e. The van der Waals surface area contributed by atoms with E-state index in [1.165, 1.54) is 0 Å². The van der Waals surface area contributed by atoms with Gasteiger partial charge in [-0.3, -0.25) is 15.5 Å². The molecule has 0 aliphatic rings. The van der Waals surface area contributed by atoms with Crippen LogP contribution in [0, 0.1) is 0 Å². The fourth-order valence-corrected chi connectivity index (χ4v) is 1.07. The van der Waals surface area contributed by atoms with Crippen molar-refractivity contribution < 1.29 is 14.7 Å². The lowest BCUT2D eigenvalue weighted by molar-refractivity contribution is -0.120. The Bertz CT molecular complexity index is 361. The Labute approximate surface area is 86.1 Å². The van der Waals surface area contributed by atoms with Gasteiger partial charge >= 0.3 is 6.09 Å². The Kier molecular flexibility index (Phi) is 3.64. The lowest BCUT2D eigenvalue weighted by atomic mass is 10.1. The number of rotatable bonds is 3. The van der Waals surface area contributed by atoms with Gasteiger partial charge < -0.3 is 5.11 Å². The highest BCUT2D eigenvalue weighted by molar-refractivity contribution is 5.83. The van der Waals surface area contributed by atoms with Crippen molar-refractivity contribution in [1.82, 2.24) is 5.43 Å². The van der Waals surface area contributed by atoms with Crippen LogP contribution in [-0.2, 0) is 11.2 Å². The van der Waals surface area contributed by atoms with E-state index in [2.05, 4.69) is 5.32 Å². The molecule has 15 heavy (non-hydrogen) atoms. The molecule has 0 heterocycles. The van der Waals surface area contributed by atoms with E-state index in [0.29, 0.717) is 5.69 Å². The molecule has 0 aromatic heterocycles. The Hall–Kier alpha value is -2.08. The van der Waals surface area contributed by atoms with Crippen molar-refractivity contribution in [3.63, 3.8) is 0 Å². The predicted molar refractivity (Wildman–Crippen MR) is 54.1 cm³/mol. The normalized spacial score (nSPS) is 9.40. The van der Waals surface area contributed by atoms with Gasteiger partial charge in [-0.1, -0.05) is 12.1 Å². The number of carbonyl (C=O) groups is 2. The quantitative estimate of drug-likeness (QED) is 0.326. The highest BCUT2D eigenvalue weighted by atomic mass is 16.4. The van der Waals surface area contributed by atoms with E-state index in [1.807, 2.05) is 5.43 Å². The van der Waals surface area contributed by atoms with E-state index in [0.717, 1.165) is 5.56 Å². The summed E-state index contributed by atoms with van der Waals surface area (Å²) in [5.74, 6) is 4.63. The monoisotopic (exact) mass is 209 g/mol. The minimum atomic E-state index is -1.12. The molecule has 0 atom stereocenters. The van der Waals surface area contributed by atoms with Crippen molar-refractivity contribution in [2.75, 3.05) is 5.32 Å². The number of carbonyl (C=O) groups excluding carboxylic acids is 1. The van der Waals surface area contributed by atoms with Crippen LogP contribution in [0.4, 0.5) is 10.5 Å². The molecule has 1 aromatic rings. The van der Waals surface area contributed by atoms with E-state index in [1.54, 1.807) is 24.3 Å². The molecule has 1 rings (SSSR count). The standard InChI is InChI=1S/C9H11N3O3/c10-12-8(13)5-6-1-3-7(4-2-6)11-9(14)15/h1-4,11H,5,10H2,(H,12,13)(H,14,15). The van der Waals surface area contributed by atoms with Crippen molar-refractivity contribution in [1.29, 1.82) is 0 Å². The maximum Gasteiger partial charge on any atom is 0.409 e. The summed E-state index contributed by atoms with van der Waals surface area (Å²) in [6.45, 7) is 0. The number of anilines is 1. The number of benzene rings is 1. The number of hydrazine groups is 1. The molecule has 6 heteroatoms. The van der Waals surface area contributed by atoms with Crippen LogP contribution in [0.15, 0.2) is 24.3 Å². The number of carboxylic acid groups (broad SMARTS) is 1. The lowest BCUT2D eigenvalue weighted by Crippen LogP contribution is -2.31. The van der Waals surface area contributed by atoms with Gasteiger partial charge in [0.1, 0.15) is 0 Å². The van der Waals surface area contributed by atoms with Gasteiger partial charge in [-0.05, 0) is 17.7 Å². The van der Waals surface area contributed by atoms with Crippen LogP contribution in [0.5, 0.6) is 0 Å². The van der Waals surface area contributed by atoms with Crippen molar-refractivity contribution in [3.05, 3.63) is 29.8 Å². The fourth-order valence-electron chi connectivity index (χ4n) is 1.07. The molecule has 0 saturated heterocycles. The summed E-state index contributed by atoms with van der Waals surface area (Å²) in [7, 11) is 0. The zero-order valence-electron chi connectivity index (χ0n) is 7.86. The van der Waals surface area contributed by atoms with Crippen LogP contribution in [0.25, 0.3) is 0 Å². The molecule has 6 nitrogen and oxygen atoms in total. The van der Waals surface area contributed by atoms with Gasteiger partial charge in [0.2, 0.25) is 5.91 Å². The molecule has 5 N–H and O–H groups in total. The van der Waals surface area contributed by atoms with Crippen molar-refractivity contribution in [3.8, 4) is 0 Å². The van der Waals surface area contributed by atoms with E-state index in [-0.39, 0.29) is 12.3 Å². The summed E-state index contributed by atoms with van der Waals surface area (Å²) in [5.41, 5.74) is 3.23. The topological polar surface area (TPSA) is 104 Å². The first-order valence-corrected chi connectivity index (χ1v) is 4.20. The van der Waals surface area contributed by atoms with Gasteiger partial charge in [0.15, 0.2) is 0 Å². The number of amides is 2. The molecule has 0 saturated carbocycles. The van der Waals surface area contributed by atoms with Crippen LogP contribution in [0.3, 0.4) is 0 Å². The average Bonchev–Trinajstić information content (AvgIpc) is 2.20. The zero-order valence-corrected chi connectivity index (χ0v) is 7.86. The van der Waals surface area contributed by atoms with E-state index < -0.39 is 6.09 Å². The second kappa shape index (κ2) is 4.97. The first-order chi connectivity index (χ1) is 7.11. The SMILES string of the molecule is NNC(=O)Cc1ccc(NC(=O)O)cc1. The first-order valence-electron chi connectivity index (χ1n) is 4.20. The number of hydrogen-bond donors (Lipinski definition) is 4. The third-order valence-electron chi connectivity index (χ3n) is 1.73. The minimum absolute atomic E-state index is 0.170. The summed E-state index contributed by atoms with van der Waals surface area (Å²) in [6, 6.07) is 6.46. The van der Waals surface area contributed by atoms with Gasteiger partial charge in [0.05, 0.1) is 6.42 Å². The summed E-state index contributed by atoms with van der Waals surface area (Å²) in [6.07, 6.45) is -0.952. The predicted octanol–water partition coefficient (Wildman–Crippen LogP) is 0.309. The van der Waals surface area contributed by atoms with Crippen LogP contribution in [0.1, 0.15) is 5.56 Å². The van der Waals surface area contributed by atoms with Crippen molar-refractivity contribution >= 4 is 17.7 Å². The maximum atomic E-state index is 10.9. The molecule has 0 unspecified atom stereocenters. The van der Waals surface area contributed by atoms with Gasteiger partial charge in [0.25, 0.3) is 0 Å². The summed E-state index contributed by atoms with van der Waals surface area (Å²) < 4.78 is 0. The van der Waals surface area contributed by atoms with E-state index in [9.17, 15) is 9.59 Å². The molecule has 0 aliphatic carbocycles.